The second-order valence-corrected chi connectivity index (χ2v) is 7.98. The van der Waals surface area contributed by atoms with Gasteiger partial charge in [-0.3, -0.25) is 9.59 Å². The zero-order chi connectivity index (χ0) is 18.9. The molecule has 4 heteroatoms. The van der Waals surface area contributed by atoms with Gasteiger partial charge in [0.2, 0.25) is 0 Å². The molecule has 0 radical (unpaired) electrons. The van der Waals surface area contributed by atoms with Gasteiger partial charge in [0, 0.05) is 28.9 Å². The molecular weight excluding hydrogens is 324 g/mol. The van der Waals surface area contributed by atoms with Crippen LogP contribution in [0.3, 0.4) is 0 Å². The Balaban J connectivity index is 1.89. The van der Waals surface area contributed by atoms with Gasteiger partial charge in [-0.25, -0.2) is 0 Å². The van der Waals surface area contributed by atoms with Gasteiger partial charge in [0.25, 0.3) is 11.8 Å². The minimum Gasteiger partial charge on any atom is -0.347 e. The van der Waals surface area contributed by atoms with E-state index < -0.39 is 0 Å². The number of hydrogen-bond donors (Lipinski definition) is 1. The molecule has 2 aromatic carbocycles. The molecule has 0 unspecified atom stereocenters. The lowest BCUT2D eigenvalue weighted by Crippen LogP contribution is -2.40. The molecule has 1 aliphatic heterocycles. The Morgan fingerprint density at radius 2 is 1.81 bits per heavy atom. The Bertz CT molecular complexity index is 849. The van der Waals surface area contributed by atoms with Crippen molar-refractivity contribution in [1.29, 1.82) is 0 Å². The summed E-state index contributed by atoms with van der Waals surface area (Å²) in [4.78, 5) is 27.2. The summed E-state index contributed by atoms with van der Waals surface area (Å²) < 4.78 is 0. The van der Waals surface area contributed by atoms with Crippen LogP contribution in [0.2, 0.25) is 0 Å². The zero-order valence-corrected chi connectivity index (χ0v) is 15.9. The number of nitrogens with zero attached hydrogens (tertiary/aromatic N) is 1. The van der Waals surface area contributed by atoms with Crippen LogP contribution in [-0.4, -0.2) is 23.9 Å². The fourth-order valence-electron chi connectivity index (χ4n) is 3.30. The number of aryl methyl sites for hydroxylation is 2. The topological polar surface area (TPSA) is 49.4 Å². The summed E-state index contributed by atoms with van der Waals surface area (Å²) >= 11 is 0. The number of benzene rings is 2. The van der Waals surface area contributed by atoms with Gasteiger partial charge >= 0.3 is 0 Å². The van der Waals surface area contributed by atoms with Crippen LogP contribution >= 0.6 is 0 Å². The van der Waals surface area contributed by atoms with Gasteiger partial charge in [0.1, 0.15) is 0 Å². The normalized spacial score (nSPS) is 13.9. The van der Waals surface area contributed by atoms with Crippen LogP contribution in [0, 0.1) is 6.92 Å². The largest absolute Gasteiger partial charge is 0.347 e. The van der Waals surface area contributed by atoms with E-state index in [9.17, 15) is 9.59 Å². The monoisotopic (exact) mass is 350 g/mol. The van der Waals surface area contributed by atoms with E-state index in [2.05, 4.69) is 5.32 Å². The van der Waals surface area contributed by atoms with Crippen LogP contribution in [0.25, 0.3) is 0 Å². The fourth-order valence-corrected chi connectivity index (χ4v) is 3.30. The molecular formula is C22H26N2O2. The second kappa shape index (κ2) is 6.94. The Morgan fingerprint density at radius 3 is 2.50 bits per heavy atom. The SMILES string of the molecule is Cc1cccc(C(=O)N2CCCc3cc(C(=O)NC(C)(C)C)ccc32)c1. The molecule has 0 saturated carbocycles. The average molecular weight is 350 g/mol. The van der Waals surface area contributed by atoms with Crippen LogP contribution in [0.4, 0.5) is 5.69 Å². The van der Waals surface area contributed by atoms with E-state index in [1.165, 1.54) is 0 Å². The van der Waals surface area contributed by atoms with E-state index in [0.29, 0.717) is 17.7 Å². The molecule has 0 bridgehead atoms. The maximum Gasteiger partial charge on any atom is 0.258 e. The first kappa shape index (κ1) is 18.2. The van der Waals surface area contributed by atoms with Crippen molar-refractivity contribution in [1.82, 2.24) is 5.32 Å². The van der Waals surface area contributed by atoms with Crippen molar-refractivity contribution in [2.45, 2.75) is 46.1 Å². The first-order valence-corrected chi connectivity index (χ1v) is 9.08. The Labute approximate surface area is 155 Å². The smallest absolute Gasteiger partial charge is 0.258 e. The van der Waals surface area contributed by atoms with E-state index in [1.54, 1.807) is 0 Å². The van der Waals surface area contributed by atoms with Crippen molar-refractivity contribution in [2.24, 2.45) is 0 Å². The summed E-state index contributed by atoms with van der Waals surface area (Å²) in [6.45, 7) is 8.58. The van der Waals surface area contributed by atoms with E-state index in [1.807, 2.05) is 75.1 Å². The molecule has 0 saturated heterocycles. The summed E-state index contributed by atoms with van der Waals surface area (Å²) in [6, 6.07) is 13.3. The Hall–Kier alpha value is -2.62. The molecule has 1 N–H and O–H groups in total. The van der Waals surface area contributed by atoms with Crippen molar-refractivity contribution in [2.75, 3.05) is 11.4 Å². The molecule has 1 heterocycles. The minimum atomic E-state index is -0.278. The highest BCUT2D eigenvalue weighted by Crippen LogP contribution is 2.29. The molecule has 0 fully saturated rings. The highest BCUT2D eigenvalue weighted by molar-refractivity contribution is 6.07. The molecule has 0 spiro atoms. The van der Waals surface area contributed by atoms with E-state index in [-0.39, 0.29) is 17.4 Å². The number of carbonyl (C=O) groups excluding carboxylic acids is 2. The first-order chi connectivity index (χ1) is 12.2. The molecule has 136 valence electrons. The van der Waals surface area contributed by atoms with Crippen LogP contribution in [0.5, 0.6) is 0 Å². The van der Waals surface area contributed by atoms with Crippen LogP contribution in [0.1, 0.15) is 59.0 Å². The van der Waals surface area contributed by atoms with Crippen molar-refractivity contribution < 1.29 is 9.59 Å². The summed E-state index contributed by atoms with van der Waals surface area (Å²) in [6.07, 6.45) is 1.78. The van der Waals surface area contributed by atoms with Gasteiger partial charge in [0.05, 0.1) is 0 Å². The molecule has 0 aliphatic carbocycles. The highest BCUT2D eigenvalue weighted by Gasteiger charge is 2.25. The zero-order valence-electron chi connectivity index (χ0n) is 15.9. The number of nitrogens with one attached hydrogen (secondary N) is 1. The summed E-state index contributed by atoms with van der Waals surface area (Å²) in [5, 5.41) is 2.99. The van der Waals surface area contributed by atoms with Gasteiger partial charge in [-0.1, -0.05) is 17.7 Å². The lowest BCUT2D eigenvalue weighted by Gasteiger charge is -2.30. The Morgan fingerprint density at radius 1 is 1.04 bits per heavy atom. The molecule has 2 aromatic rings. The average Bonchev–Trinajstić information content (AvgIpc) is 2.58. The maximum atomic E-state index is 13.0. The van der Waals surface area contributed by atoms with Gasteiger partial charge in [0.15, 0.2) is 0 Å². The number of anilines is 1. The predicted octanol–water partition coefficient (Wildman–Crippen LogP) is 4.12. The minimum absolute atomic E-state index is 0.0153. The van der Waals surface area contributed by atoms with Gasteiger partial charge in [-0.2, -0.15) is 0 Å². The lowest BCUT2D eigenvalue weighted by atomic mass is 9.97. The van der Waals surface area contributed by atoms with E-state index >= 15 is 0 Å². The molecule has 26 heavy (non-hydrogen) atoms. The van der Waals surface area contributed by atoms with Gasteiger partial charge in [-0.05, 0) is 76.4 Å². The second-order valence-electron chi connectivity index (χ2n) is 7.98. The standard InChI is InChI=1S/C22H26N2O2/c1-15-7-5-8-18(13-15)21(26)24-12-6-9-16-14-17(10-11-19(16)24)20(25)23-22(2,3)4/h5,7-8,10-11,13-14H,6,9,12H2,1-4H3,(H,23,25). The molecule has 0 aromatic heterocycles. The van der Waals surface area contributed by atoms with E-state index in [0.717, 1.165) is 29.7 Å². The van der Waals surface area contributed by atoms with E-state index in [4.69, 9.17) is 0 Å². The van der Waals surface area contributed by atoms with Gasteiger partial charge < -0.3 is 10.2 Å². The summed E-state index contributed by atoms with van der Waals surface area (Å²) in [5.74, 6) is -0.0658. The highest BCUT2D eigenvalue weighted by atomic mass is 16.2. The number of rotatable bonds is 2. The third-order valence-electron chi connectivity index (χ3n) is 4.46. The number of hydrogen-bond acceptors (Lipinski definition) is 2. The first-order valence-electron chi connectivity index (χ1n) is 9.08. The Kier molecular flexibility index (Phi) is 4.86. The third-order valence-corrected chi connectivity index (χ3v) is 4.46. The fraction of sp³-hybridized carbons (Fsp3) is 0.364. The van der Waals surface area contributed by atoms with Crippen LogP contribution < -0.4 is 10.2 Å². The van der Waals surface area contributed by atoms with Crippen LogP contribution in [0.15, 0.2) is 42.5 Å². The number of carbonyl (C=O) groups is 2. The number of amides is 2. The van der Waals surface area contributed by atoms with Crippen molar-refractivity contribution in [3.63, 3.8) is 0 Å². The van der Waals surface area contributed by atoms with Crippen molar-refractivity contribution in [3.05, 3.63) is 64.7 Å². The van der Waals surface area contributed by atoms with Gasteiger partial charge in [-0.15, -0.1) is 0 Å². The van der Waals surface area contributed by atoms with Crippen LogP contribution in [-0.2, 0) is 6.42 Å². The number of fused-ring (bicyclic) bond motifs is 1. The molecule has 4 nitrogen and oxygen atoms in total. The summed E-state index contributed by atoms with van der Waals surface area (Å²) in [7, 11) is 0. The molecule has 0 atom stereocenters. The lowest BCUT2D eigenvalue weighted by molar-refractivity contribution is 0.0919. The third kappa shape index (κ3) is 3.96. The van der Waals surface area contributed by atoms with Crippen molar-refractivity contribution >= 4 is 17.5 Å². The maximum absolute atomic E-state index is 13.0. The summed E-state index contributed by atoms with van der Waals surface area (Å²) in [5.41, 5.74) is 4.10. The molecule has 2 amide bonds. The molecule has 3 rings (SSSR count). The quantitative estimate of drug-likeness (QED) is 0.886. The van der Waals surface area contributed by atoms with Crippen molar-refractivity contribution in [3.8, 4) is 0 Å². The molecule has 1 aliphatic rings. The predicted molar refractivity (Wildman–Crippen MR) is 105 cm³/mol.